The molecule has 0 spiro atoms. The van der Waals surface area contributed by atoms with Crippen LogP contribution >= 0.6 is 11.6 Å². The number of halogens is 4. The van der Waals surface area contributed by atoms with Gasteiger partial charge in [0.2, 0.25) is 5.95 Å². The van der Waals surface area contributed by atoms with Crippen molar-refractivity contribution < 1.29 is 18.4 Å². The van der Waals surface area contributed by atoms with Crippen molar-refractivity contribution >= 4 is 45.8 Å². The van der Waals surface area contributed by atoms with E-state index in [2.05, 4.69) is 15.3 Å². The largest absolute Gasteiger partial charge is 0.377 e. The van der Waals surface area contributed by atoms with Crippen molar-refractivity contribution in [1.82, 2.24) is 9.97 Å². The topological polar surface area (TPSA) is 91.3 Å². The summed E-state index contributed by atoms with van der Waals surface area (Å²) in [5, 5.41) is 22.0. The number of hydrogen-bond donors (Lipinski definition) is 4. The number of anilines is 3. The number of nitrogens with one attached hydrogen (secondary N) is 3. The lowest BCUT2D eigenvalue weighted by Crippen LogP contribution is -2.27. The maximum Gasteiger partial charge on any atom is 0.201 e. The van der Waals surface area contributed by atoms with Gasteiger partial charge >= 0.3 is 0 Å². The minimum absolute atomic E-state index is 0.000414. The van der Waals surface area contributed by atoms with E-state index >= 15 is 0 Å². The Hall–Kier alpha value is -3.76. The summed E-state index contributed by atoms with van der Waals surface area (Å²) in [6, 6.07) is 11.7. The predicted octanol–water partition coefficient (Wildman–Crippen LogP) is 5.53. The lowest BCUT2D eigenvalue weighted by Gasteiger charge is -2.18. The average molecular weight is 489 g/mol. The standard InChI is InChI=1S/C23H20ClF3N6O/c1-32(2)18-6-4-3-5-12(18)11-29-23-30-20-14(10-17(26)19(27)21(20)31-23)22(28)33(34)13-7-8-16(25)15(24)9-13/h3-10,28,34H,11H2,1-2H3,(H2,29,30,31). The van der Waals surface area contributed by atoms with E-state index in [1.165, 1.54) is 6.07 Å². The molecule has 4 N–H and O–H groups in total. The first-order chi connectivity index (χ1) is 16.2. The number of aromatic nitrogens is 2. The number of hydroxylamine groups is 1. The van der Waals surface area contributed by atoms with E-state index in [9.17, 15) is 18.4 Å². The Morgan fingerprint density at radius 2 is 1.85 bits per heavy atom. The van der Waals surface area contributed by atoms with Crippen molar-refractivity contribution in [3.05, 3.63) is 82.1 Å². The van der Waals surface area contributed by atoms with Gasteiger partial charge in [0.15, 0.2) is 17.5 Å². The quantitative estimate of drug-likeness (QED) is 0.163. The second-order valence-electron chi connectivity index (χ2n) is 7.66. The summed E-state index contributed by atoms with van der Waals surface area (Å²) >= 11 is 5.75. The number of H-pyrrole nitrogens is 1. The highest BCUT2D eigenvalue weighted by Crippen LogP contribution is 2.28. The Kier molecular flexibility index (Phi) is 6.36. The number of amidine groups is 1. The van der Waals surface area contributed by atoms with Crippen LogP contribution in [0.15, 0.2) is 48.5 Å². The normalized spacial score (nSPS) is 11.0. The van der Waals surface area contributed by atoms with Crippen LogP contribution in [0.2, 0.25) is 5.02 Å². The third kappa shape index (κ3) is 4.37. The Bertz CT molecular complexity index is 1390. The van der Waals surface area contributed by atoms with E-state index in [-0.39, 0.29) is 33.3 Å². The van der Waals surface area contributed by atoms with Crippen LogP contribution in [0.1, 0.15) is 11.1 Å². The maximum atomic E-state index is 14.5. The van der Waals surface area contributed by atoms with Gasteiger partial charge in [0.05, 0.1) is 16.2 Å². The van der Waals surface area contributed by atoms with Crippen molar-refractivity contribution in [2.75, 3.05) is 29.4 Å². The van der Waals surface area contributed by atoms with Crippen molar-refractivity contribution in [1.29, 1.82) is 5.41 Å². The fraction of sp³-hybridized carbons (Fsp3) is 0.130. The summed E-state index contributed by atoms with van der Waals surface area (Å²) in [6.07, 6.45) is 0. The molecule has 1 heterocycles. The first-order valence-electron chi connectivity index (χ1n) is 10.1. The molecule has 0 unspecified atom stereocenters. The number of imidazole rings is 1. The molecule has 0 aliphatic carbocycles. The van der Waals surface area contributed by atoms with E-state index in [0.29, 0.717) is 11.6 Å². The number of benzene rings is 3. The highest BCUT2D eigenvalue weighted by Gasteiger charge is 2.23. The summed E-state index contributed by atoms with van der Waals surface area (Å²) in [7, 11) is 3.82. The zero-order chi connectivity index (χ0) is 24.6. The first-order valence-corrected chi connectivity index (χ1v) is 10.4. The fourth-order valence-electron chi connectivity index (χ4n) is 3.51. The Balaban J connectivity index is 1.68. The van der Waals surface area contributed by atoms with E-state index in [0.717, 1.165) is 29.4 Å². The molecule has 11 heteroatoms. The molecule has 0 bridgehead atoms. The van der Waals surface area contributed by atoms with Crippen molar-refractivity contribution in [3.63, 3.8) is 0 Å². The number of nitrogens with zero attached hydrogens (tertiary/aromatic N) is 3. The van der Waals surface area contributed by atoms with E-state index in [4.69, 9.17) is 17.0 Å². The molecule has 4 aromatic rings. The molecule has 0 saturated heterocycles. The van der Waals surface area contributed by atoms with Crippen LogP contribution in [-0.4, -0.2) is 35.1 Å². The number of rotatable bonds is 6. The van der Waals surface area contributed by atoms with E-state index in [1.807, 2.05) is 43.3 Å². The molecule has 1 aromatic heterocycles. The molecule has 176 valence electrons. The smallest absolute Gasteiger partial charge is 0.201 e. The lowest BCUT2D eigenvalue weighted by atomic mass is 10.1. The molecule has 7 nitrogen and oxygen atoms in total. The third-order valence-electron chi connectivity index (χ3n) is 5.20. The molecule has 0 fully saturated rings. The highest BCUT2D eigenvalue weighted by molar-refractivity contribution is 6.31. The molecule has 3 aromatic carbocycles. The summed E-state index contributed by atoms with van der Waals surface area (Å²) < 4.78 is 42.3. The van der Waals surface area contributed by atoms with Crippen LogP contribution in [0, 0.1) is 22.9 Å². The lowest BCUT2D eigenvalue weighted by molar-refractivity contribution is 0.312. The Morgan fingerprint density at radius 3 is 2.56 bits per heavy atom. The van der Waals surface area contributed by atoms with Gasteiger partial charge in [-0.3, -0.25) is 10.6 Å². The number of hydrogen-bond acceptors (Lipinski definition) is 5. The number of fused-ring (bicyclic) bond motifs is 1. The van der Waals surface area contributed by atoms with E-state index in [1.54, 1.807) is 0 Å². The second kappa shape index (κ2) is 9.24. The molecule has 4 rings (SSSR count). The molecule has 0 aliphatic heterocycles. The number of aromatic amines is 1. The van der Waals surface area contributed by atoms with Crippen LogP contribution in [-0.2, 0) is 6.54 Å². The van der Waals surface area contributed by atoms with E-state index < -0.39 is 23.3 Å². The minimum Gasteiger partial charge on any atom is -0.377 e. The van der Waals surface area contributed by atoms with Crippen LogP contribution in [0.5, 0.6) is 0 Å². The molecule has 0 amide bonds. The summed E-state index contributed by atoms with van der Waals surface area (Å²) in [5.74, 6) is -3.59. The maximum absolute atomic E-state index is 14.5. The van der Waals surface area contributed by atoms with Crippen molar-refractivity contribution in [2.24, 2.45) is 0 Å². The monoisotopic (exact) mass is 488 g/mol. The summed E-state index contributed by atoms with van der Waals surface area (Å²) in [4.78, 5) is 8.90. The molecule has 0 saturated carbocycles. The highest BCUT2D eigenvalue weighted by atomic mass is 35.5. The SMILES string of the molecule is CN(C)c1ccccc1CNc1nc2c(F)c(F)cc(C(=N)N(O)c3ccc(F)c(Cl)c3)c2[nH]1. The predicted molar refractivity (Wildman–Crippen MR) is 127 cm³/mol. The van der Waals surface area contributed by atoms with Crippen LogP contribution in [0.3, 0.4) is 0 Å². The second-order valence-corrected chi connectivity index (χ2v) is 8.07. The molecular weight excluding hydrogens is 469 g/mol. The van der Waals surface area contributed by atoms with Gasteiger partial charge in [0.1, 0.15) is 11.3 Å². The van der Waals surface area contributed by atoms with Gasteiger partial charge in [-0.1, -0.05) is 29.8 Å². The van der Waals surface area contributed by atoms with Crippen LogP contribution < -0.4 is 15.3 Å². The van der Waals surface area contributed by atoms with Gasteiger partial charge in [-0.2, -0.15) is 0 Å². The van der Waals surface area contributed by atoms with Gasteiger partial charge in [0.25, 0.3) is 0 Å². The molecule has 0 atom stereocenters. The molecule has 0 radical (unpaired) electrons. The molecular formula is C23H20ClF3N6O. The van der Waals surface area contributed by atoms with Gasteiger partial charge in [-0.15, -0.1) is 0 Å². The minimum atomic E-state index is -1.24. The Morgan fingerprint density at radius 1 is 1.12 bits per heavy atom. The first kappa shape index (κ1) is 23.4. The zero-order valence-electron chi connectivity index (χ0n) is 18.1. The average Bonchev–Trinajstić information content (AvgIpc) is 3.25. The van der Waals surface area contributed by atoms with Crippen molar-refractivity contribution in [2.45, 2.75) is 6.54 Å². The number of para-hydroxylation sites is 1. The van der Waals surface area contributed by atoms with Crippen LogP contribution in [0.4, 0.5) is 30.5 Å². The van der Waals surface area contributed by atoms with Gasteiger partial charge in [0, 0.05) is 31.9 Å². The zero-order valence-corrected chi connectivity index (χ0v) is 18.9. The summed E-state index contributed by atoms with van der Waals surface area (Å²) in [5.41, 5.74) is 1.38. The summed E-state index contributed by atoms with van der Waals surface area (Å²) in [6.45, 7) is 0.339. The van der Waals surface area contributed by atoms with Gasteiger partial charge in [-0.05, 0) is 35.9 Å². The van der Waals surface area contributed by atoms with Crippen molar-refractivity contribution in [3.8, 4) is 0 Å². The van der Waals surface area contributed by atoms with Crippen LogP contribution in [0.25, 0.3) is 11.0 Å². The Labute approximate surface area is 197 Å². The molecule has 34 heavy (non-hydrogen) atoms. The van der Waals surface area contributed by atoms with Gasteiger partial charge in [-0.25, -0.2) is 23.2 Å². The van der Waals surface area contributed by atoms with Gasteiger partial charge < -0.3 is 15.2 Å². The fourth-order valence-corrected chi connectivity index (χ4v) is 3.68. The molecule has 0 aliphatic rings. The third-order valence-corrected chi connectivity index (χ3v) is 5.49.